The van der Waals surface area contributed by atoms with Crippen LogP contribution in [0, 0.1) is 18.8 Å². The van der Waals surface area contributed by atoms with Crippen molar-refractivity contribution in [1.29, 1.82) is 0 Å². The van der Waals surface area contributed by atoms with E-state index in [1.165, 1.54) is 0 Å². The smallest absolute Gasteiger partial charge is 0.253 e. The first-order valence-electron chi connectivity index (χ1n) is 15.6. The second-order valence-electron chi connectivity index (χ2n) is 12.3. The monoisotopic (exact) mass is 617 g/mol. The number of aryl methyl sites for hydroxylation is 1. The number of rotatable bonds is 9. The van der Waals surface area contributed by atoms with Gasteiger partial charge in [-0.15, -0.1) is 0 Å². The summed E-state index contributed by atoms with van der Waals surface area (Å²) in [7, 11) is 0. The van der Waals surface area contributed by atoms with Crippen LogP contribution in [0.2, 0.25) is 5.02 Å². The number of anilines is 1. The van der Waals surface area contributed by atoms with Crippen molar-refractivity contribution in [3.63, 3.8) is 0 Å². The highest BCUT2D eigenvalue weighted by Crippen LogP contribution is 2.59. The minimum absolute atomic E-state index is 0.0630. The Balaban J connectivity index is 1.45. The first kappa shape index (κ1) is 30.6. The molecule has 5 atom stereocenters. The summed E-state index contributed by atoms with van der Waals surface area (Å²) in [6, 6.07) is 14.4. The number of carbonyl (C=O) groups is 3. The molecular formula is C35H40ClN3O5. The molecule has 0 saturated carbocycles. The predicted octanol–water partition coefficient (Wildman–Crippen LogP) is 4.67. The van der Waals surface area contributed by atoms with Crippen LogP contribution in [0.4, 0.5) is 5.69 Å². The van der Waals surface area contributed by atoms with Crippen LogP contribution in [-0.2, 0) is 25.7 Å². The van der Waals surface area contributed by atoms with Crippen molar-refractivity contribution >= 4 is 35.0 Å². The third kappa shape index (κ3) is 4.88. The molecule has 1 N–H and O–H groups in total. The average Bonchev–Trinajstić information content (AvgIpc) is 3.31. The molecule has 6 rings (SSSR count). The molecule has 44 heavy (non-hydrogen) atoms. The van der Waals surface area contributed by atoms with E-state index >= 15 is 0 Å². The second kappa shape index (κ2) is 12.1. The summed E-state index contributed by atoms with van der Waals surface area (Å²) in [5.41, 5.74) is 0.0980. The van der Waals surface area contributed by atoms with E-state index in [9.17, 15) is 19.5 Å². The molecule has 232 valence electrons. The fourth-order valence-corrected chi connectivity index (χ4v) is 8.06. The van der Waals surface area contributed by atoms with Crippen molar-refractivity contribution in [2.45, 2.75) is 63.3 Å². The molecule has 9 heteroatoms. The first-order chi connectivity index (χ1) is 21.3. The van der Waals surface area contributed by atoms with Gasteiger partial charge in [-0.3, -0.25) is 14.4 Å². The number of hydrogen-bond donors (Lipinski definition) is 1. The van der Waals surface area contributed by atoms with E-state index in [2.05, 4.69) is 0 Å². The van der Waals surface area contributed by atoms with E-state index < -0.39 is 29.1 Å². The summed E-state index contributed by atoms with van der Waals surface area (Å²) in [5, 5.41) is 9.81. The molecule has 2 fully saturated rings. The highest BCUT2D eigenvalue weighted by molar-refractivity contribution is 6.34. The van der Waals surface area contributed by atoms with Gasteiger partial charge in [0, 0.05) is 32.8 Å². The molecule has 0 aromatic heterocycles. The number of amides is 3. The Morgan fingerprint density at radius 1 is 0.909 bits per heavy atom. The zero-order valence-corrected chi connectivity index (χ0v) is 26.1. The Morgan fingerprint density at radius 3 is 2.41 bits per heavy atom. The molecule has 1 spiro atoms. The van der Waals surface area contributed by atoms with E-state index in [0.717, 1.165) is 11.1 Å². The van der Waals surface area contributed by atoms with Gasteiger partial charge in [-0.1, -0.05) is 85.3 Å². The zero-order chi connectivity index (χ0) is 31.1. The van der Waals surface area contributed by atoms with Crippen molar-refractivity contribution < 1.29 is 24.2 Å². The van der Waals surface area contributed by atoms with Crippen LogP contribution < -0.4 is 4.90 Å². The Bertz CT molecular complexity index is 1470. The molecule has 0 radical (unpaired) electrons. The maximum Gasteiger partial charge on any atom is 0.253 e. The highest BCUT2D eigenvalue weighted by atomic mass is 35.5. The Hall–Kier alpha value is -3.46. The van der Waals surface area contributed by atoms with Gasteiger partial charge in [0.25, 0.3) is 5.91 Å². The van der Waals surface area contributed by atoms with Crippen LogP contribution in [0.15, 0.2) is 72.8 Å². The minimum Gasteiger partial charge on any atom is -0.396 e. The Kier molecular flexibility index (Phi) is 8.44. The highest BCUT2D eigenvalue weighted by Gasteiger charge is 2.75. The first-order valence-corrected chi connectivity index (χ1v) is 16.0. The van der Waals surface area contributed by atoms with Gasteiger partial charge in [-0.25, -0.2) is 0 Å². The number of unbranched alkanes of at least 4 members (excludes halogenated alkanes) is 2. The Morgan fingerprint density at radius 2 is 1.68 bits per heavy atom. The van der Waals surface area contributed by atoms with Crippen molar-refractivity contribution in [2.24, 2.45) is 11.8 Å². The summed E-state index contributed by atoms with van der Waals surface area (Å²) in [4.78, 5) is 49.1. The van der Waals surface area contributed by atoms with Crippen LogP contribution >= 0.6 is 11.6 Å². The zero-order valence-electron chi connectivity index (χ0n) is 25.3. The number of aliphatic hydroxyl groups excluding tert-OH is 1. The lowest BCUT2D eigenvalue weighted by molar-refractivity contribution is -0.150. The van der Waals surface area contributed by atoms with Gasteiger partial charge < -0.3 is 24.5 Å². The topological polar surface area (TPSA) is 90.4 Å². The maximum atomic E-state index is 14.8. The lowest BCUT2D eigenvalue weighted by Crippen LogP contribution is -2.56. The number of nitrogens with zero attached hydrogens (tertiary/aromatic N) is 3. The molecular weight excluding hydrogens is 578 g/mol. The van der Waals surface area contributed by atoms with Crippen LogP contribution in [0.1, 0.15) is 43.7 Å². The molecule has 2 aromatic carbocycles. The summed E-state index contributed by atoms with van der Waals surface area (Å²) >= 11 is 6.67. The van der Waals surface area contributed by atoms with E-state index in [4.69, 9.17) is 16.3 Å². The number of benzene rings is 2. The molecule has 4 aliphatic rings. The third-order valence-electron chi connectivity index (χ3n) is 9.75. The molecule has 1 unspecified atom stereocenters. The van der Waals surface area contributed by atoms with E-state index in [0.29, 0.717) is 56.0 Å². The fourth-order valence-electron chi connectivity index (χ4n) is 7.73. The SMILES string of the molecule is CC[C@@]12C=CCN(Cc3ccccc3)C(=O)[C@@H]1[C@H]1C(=O)N(CCCCCO)C3C(=O)N(c4c(C)cccc4Cl)CC=C[C@@]31O2. The number of carbonyl (C=O) groups excluding carboxylic acids is 3. The Labute approximate surface area is 263 Å². The minimum atomic E-state index is -1.33. The molecule has 0 aliphatic carbocycles. The number of ether oxygens (including phenoxy) is 1. The summed E-state index contributed by atoms with van der Waals surface area (Å²) < 4.78 is 7.09. The van der Waals surface area contributed by atoms with Crippen LogP contribution in [0.3, 0.4) is 0 Å². The normalized spacial score (nSPS) is 29.5. The number of aliphatic hydroxyl groups is 1. The van der Waals surface area contributed by atoms with E-state index in [-0.39, 0.29) is 30.9 Å². The van der Waals surface area contributed by atoms with Gasteiger partial charge in [0.15, 0.2) is 0 Å². The lowest BCUT2D eigenvalue weighted by atomic mass is 9.73. The lowest BCUT2D eigenvalue weighted by Gasteiger charge is -2.38. The van der Waals surface area contributed by atoms with Crippen molar-refractivity contribution in [2.75, 3.05) is 31.1 Å². The summed E-state index contributed by atoms with van der Waals surface area (Å²) in [6.07, 6.45) is 10.1. The predicted molar refractivity (Wildman–Crippen MR) is 169 cm³/mol. The molecule has 8 nitrogen and oxygen atoms in total. The van der Waals surface area contributed by atoms with Crippen LogP contribution in [0.5, 0.6) is 0 Å². The van der Waals surface area contributed by atoms with Crippen molar-refractivity contribution in [3.8, 4) is 0 Å². The largest absolute Gasteiger partial charge is 0.396 e. The number of halogens is 1. The molecule has 2 saturated heterocycles. The standard InChI is InChI=1S/C35H40ClN3O5/c1-3-34-17-11-19-37(23-25-14-6-4-7-15-25)31(41)27(34)28-32(42)39(20-8-5-9-22-40)30-33(43)38(21-12-18-35(28,30)44-34)29-24(2)13-10-16-26(29)36/h4,6-7,10-18,27-28,30,40H,3,5,8-9,19-23H2,1-2H3/t27-,28-,30?,34+,35-/m0/s1. The van der Waals surface area contributed by atoms with Crippen molar-refractivity contribution in [3.05, 3.63) is 89.0 Å². The molecule has 0 bridgehead atoms. The van der Waals surface area contributed by atoms with Gasteiger partial charge >= 0.3 is 0 Å². The van der Waals surface area contributed by atoms with Gasteiger partial charge in [-0.05, 0) is 49.8 Å². The van der Waals surface area contributed by atoms with Gasteiger partial charge in [0.1, 0.15) is 11.6 Å². The van der Waals surface area contributed by atoms with Gasteiger partial charge in [0.05, 0.1) is 28.1 Å². The molecule has 4 aliphatic heterocycles. The summed E-state index contributed by atoms with van der Waals surface area (Å²) in [6.45, 7) is 5.36. The molecule has 2 aromatic rings. The van der Waals surface area contributed by atoms with E-state index in [1.807, 2.05) is 80.6 Å². The number of fused-ring (bicyclic) bond motifs is 2. The second-order valence-corrected chi connectivity index (χ2v) is 12.7. The number of para-hydroxylation sites is 1. The fraction of sp³-hybridized carbons (Fsp3) is 0.457. The van der Waals surface area contributed by atoms with Gasteiger partial charge in [-0.2, -0.15) is 0 Å². The van der Waals surface area contributed by atoms with Gasteiger partial charge in [0.2, 0.25) is 11.8 Å². The third-order valence-corrected chi connectivity index (χ3v) is 10.1. The molecule has 4 heterocycles. The number of hydrogen-bond acceptors (Lipinski definition) is 5. The van der Waals surface area contributed by atoms with Crippen molar-refractivity contribution in [1.82, 2.24) is 9.80 Å². The summed E-state index contributed by atoms with van der Waals surface area (Å²) in [5.74, 6) is -2.31. The van der Waals surface area contributed by atoms with Crippen LogP contribution in [0.25, 0.3) is 0 Å². The average molecular weight is 618 g/mol. The molecule has 3 amide bonds. The van der Waals surface area contributed by atoms with Crippen LogP contribution in [-0.4, -0.2) is 76.1 Å². The quantitative estimate of drug-likeness (QED) is 0.326. The number of likely N-dealkylation sites (tertiary alicyclic amines) is 1. The maximum absolute atomic E-state index is 14.8. The van der Waals surface area contributed by atoms with E-state index in [1.54, 1.807) is 20.8 Å².